The molecule has 19 heteroatoms. The number of amides is 7. The molecule has 0 bridgehead atoms. The molecule has 3 atom stereocenters. The van der Waals surface area contributed by atoms with Gasteiger partial charge in [0, 0.05) is 19.5 Å². The van der Waals surface area contributed by atoms with Crippen LogP contribution < -0.4 is 37.6 Å². The molecule has 0 spiro atoms. The van der Waals surface area contributed by atoms with Crippen molar-refractivity contribution >= 4 is 48.1 Å². The van der Waals surface area contributed by atoms with Crippen molar-refractivity contribution in [2.45, 2.75) is 103 Å². The van der Waals surface area contributed by atoms with Crippen molar-refractivity contribution in [1.29, 1.82) is 0 Å². The van der Waals surface area contributed by atoms with Crippen LogP contribution in [0.25, 0.3) is 0 Å². The van der Waals surface area contributed by atoms with Gasteiger partial charge in [0.1, 0.15) is 43.5 Å². The monoisotopic (exact) mass is 950 g/mol. The SMILES string of the molecule is CC(C)(C)OC(=O)NC(CCCN=C(NC(=O)OCc1ccccc1)NC(=O)OCc1ccccc1)C(=O)NC(Cc1ccccc1)C(=O)NC(CCCCNC(=O)OCc1ccccc1)C(N)=O. The van der Waals surface area contributed by atoms with Gasteiger partial charge in [0.2, 0.25) is 23.7 Å². The summed E-state index contributed by atoms with van der Waals surface area (Å²) < 4.78 is 21.3. The van der Waals surface area contributed by atoms with Crippen LogP contribution in [-0.2, 0) is 59.6 Å². The van der Waals surface area contributed by atoms with E-state index in [1.807, 2.05) is 42.5 Å². The lowest BCUT2D eigenvalue weighted by atomic mass is 10.0. The summed E-state index contributed by atoms with van der Waals surface area (Å²) in [5.41, 5.74) is 7.75. The fourth-order valence-electron chi connectivity index (χ4n) is 6.35. The Kier molecular flexibility index (Phi) is 22.5. The maximum absolute atomic E-state index is 14.1. The van der Waals surface area contributed by atoms with Crippen molar-refractivity contribution in [3.05, 3.63) is 144 Å². The van der Waals surface area contributed by atoms with Crippen molar-refractivity contribution in [1.82, 2.24) is 31.9 Å². The van der Waals surface area contributed by atoms with E-state index in [1.165, 1.54) is 0 Å². The summed E-state index contributed by atoms with van der Waals surface area (Å²) in [7, 11) is 0. The number of alkyl carbamates (subject to hydrolysis) is 4. The molecule has 0 aliphatic rings. The molecular weight excluding hydrogens is 889 g/mol. The van der Waals surface area contributed by atoms with Crippen molar-refractivity contribution in [2.75, 3.05) is 13.1 Å². The van der Waals surface area contributed by atoms with Crippen molar-refractivity contribution in [3.63, 3.8) is 0 Å². The molecule has 69 heavy (non-hydrogen) atoms. The molecule has 8 N–H and O–H groups in total. The fraction of sp³-hybridized carbons (Fsp3) is 0.360. The molecule has 0 aromatic heterocycles. The smallest absolute Gasteiger partial charge is 0.414 e. The Morgan fingerprint density at radius 3 is 1.43 bits per heavy atom. The predicted molar refractivity (Wildman–Crippen MR) is 256 cm³/mol. The average molecular weight is 951 g/mol. The number of primary amides is 1. The number of unbranched alkanes of at least 4 members (excludes halogenated alkanes) is 1. The van der Waals surface area contributed by atoms with Crippen LogP contribution in [0.2, 0.25) is 0 Å². The Labute approximate surface area is 401 Å². The maximum Gasteiger partial charge on any atom is 0.414 e. The molecule has 7 amide bonds. The van der Waals surface area contributed by atoms with Crippen LogP contribution >= 0.6 is 0 Å². The minimum atomic E-state index is -1.28. The van der Waals surface area contributed by atoms with E-state index in [0.29, 0.717) is 18.4 Å². The molecule has 3 unspecified atom stereocenters. The van der Waals surface area contributed by atoms with Crippen LogP contribution in [0.3, 0.4) is 0 Å². The first kappa shape index (κ1) is 53.7. The topological polar surface area (TPSA) is 267 Å². The lowest BCUT2D eigenvalue weighted by molar-refractivity contribution is -0.132. The van der Waals surface area contributed by atoms with Crippen molar-refractivity contribution in [3.8, 4) is 0 Å². The lowest BCUT2D eigenvalue weighted by Crippen LogP contribution is -2.57. The molecule has 0 heterocycles. The number of ether oxygens (including phenoxy) is 4. The zero-order valence-corrected chi connectivity index (χ0v) is 39.1. The summed E-state index contributed by atoms with van der Waals surface area (Å²) in [6.45, 7) is 5.09. The summed E-state index contributed by atoms with van der Waals surface area (Å²) in [5.74, 6) is -2.56. The maximum atomic E-state index is 14.1. The number of nitrogens with one attached hydrogen (secondary N) is 6. The van der Waals surface area contributed by atoms with Gasteiger partial charge in [0.05, 0.1) is 0 Å². The molecule has 0 aliphatic heterocycles. The van der Waals surface area contributed by atoms with Gasteiger partial charge in [-0.3, -0.25) is 30.0 Å². The quantitative estimate of drug-likeness (QED) is 0.0206. The number of nitrogens with two attached hydrogens (primary N) is 1. The molecule has 4 aromatic rings. The first-order valence-corrected chi connectivity index (χ1v) is 22.5. The lowest BCUT2D eigenvalue weighted by Gasteiger charge is -2.26. The van der Waals surface area contributed by atoms with E-state index in [1.54, 1.807) is 99.6 Å². The van der Waals surface area contributed by atoms with Gasteiger partial charge < -0.3 is 45.9 Å². The number of hydrogen-bond donors (Lipinski definition) is 7. The Morgan fingerprint density at radius 2 is 0.957 bits per heavy atom. The van der Waals surface area contributed by atoms with E-state index in [4.69, 9.17) is 24.7 Å². The van der Waals surface area contributed by atoms with Gasteiger partial charge in [-0.1, -0.05) is 121 Å². The zero-order valence-electron chi connectivity index (χ0n) is 39.1. The van der Waals surface area contributed by atoms with Crippen LogP contribution in [0, 0.1) is 0 Å². The van der Waals surface area contributed by atoms with Crippen LogP contribution in [-0.4, -0.2) is 84.9 Å². The number of benzene rings is 4. The minimum absolute atomic E-state index is 0.00377. The van der Waals surface area contributed by atoms with Crippen molar-refractivity contribution < 1.29 is 52.5 Å². The summed E-state index contributed by atoms with van der Waals surface area (Å²) in [5, 5.41) is 15.5. The van der Waals surface area contributed by atoms with Crippen LogP contribution in [0.15, 0.2) is 126 Å². The fourth-order valence-corrected chi connectivity index (χ4v) is 6.35. The molecule has 19 nitrogen and oxygen atoms in total. The second-order valence-electron chi connectivity index (χ2n) is 16.6. The van der Waals surface area contributed by atoms with Gasteiger partial charge in [-0.2, -0.15) is 0 Å². The van der Waals surface area contributed by atoms with E-state index < -0.39 is 65.8 Å². The number of carbonyl (C=O) groups excluding carboxylic acids is 7. The number of nitrogens with zero attached hydrogens (tertiary/aromatic N) is 1. The molecule has 0 radical (unpaired) electrons. The van der Waals surface area contributed by atoms with Gasteiger partial charge in [0.25, 0.3) is 0 Å². The van der Waals surface area contributed by atoms with E-state index in [2.05, 4.69) is 36.9 Å². The van der Waals surface area contributed by atoms with E-state index in [-0.39, 0.29) is 64.6 Å². The molecular formula is C50H62N8O11. The van der Waals surface area contributed by atoms with Crippen LogP contribution in [0.1, 0.15) is 75.1 Å². The molecule has 0 fully saturated rings. The Hall–Kier alpha value is -7.96. The summed E-state index contributed by atoms with van der Waals surface area (Å²) in [6.07, 6.45) is -2.33. The Bertz CT molecular complexity index is 2220. The third kappa shape index (κ3) is 22.4. The second kappa shape index (κ2) is 28.9. The van der Waals surface area contributed by atoms with Gasteiger partial charge in [0.15, 0.2) is 0 Å². The highest BCUT2D eigenvalue weighted by atomic mass is 16.6. The largest absolute Gasteiger partial charge is 0.445 e. The number of guanidine groups is 1. The summed E-state index contributed by atoms with van der Waals surface area (Å²) in [4.78, 5) is 95.8. The van der Waals surface area contributed by atoms with E-state index >= 15 is 0 Å². The molecule has 0 aliphatic carbocycles. The molecule has 0 saturated heterocycles. The Balaban J connectivity index is 1.42. The van der Waals surface area contributed by atoms with Gasteiger partial charge >= 0.3 is 24.4 Å². The summed E-state index contributed by atoms with van der Waals surface area (Å²) >= 11 is 0. The number of aliphatic imine (C=N–C) groups is 1. The molecule has 4 aromatic carbocycles. The van der Waals surface area contributed by atoms with Gasteiger partial charge in [-0.15, -0.1) is 0 Å². The average Bonchev–Trinajstić information content (AvgIpc) is 3.32. The second-order valence-corrected chi connectivity index (χ2v) is 16.6. The Morgan fingerprint density at radius 1 is 0.522 bits per heavy atom. The highest BCUT2D eigenvalue weighted by Crippen LogP contribution is 2.11. The van der Waals surface area contributed by atoms with Crippen LogP contribution in [0.4, 0.5) is 19.2 Å². The first-order chi connectivity index (χ1) is 33.1. The highest BCUT2D eigenvalue weighted by Gasteiger charge is 2.30. The predicted octanol–water partition coefficient (Wildman–Crippen LogP) is 5.66. The summed E-state index contributed by atoms with van der Waals surface area (Å²) in [6, 6.07) is 32.3. The normalized spacial score (nSPS) is 12.0. The van der Waals surface area contributed by atoms with Gasteiger partial charge in [-0.05, 0) is 75.1 Å². The molecule has 4 rings (SSSR count). The van der Waals surface area contributed by atoms with E-state index in [0.717, 1.165) is 16.7 Å². The van der Waals surface area contributed by atoms with Crippen molar-refractivity contribution in [2.24, 2.45) is 10.7 Å². The molecule has 0 saturated carbocycles. The first-order valence-electron chi connectivity index (χ1n) is 22.5. The minimum Gasteiger partial charge on any atom is -0.445 e. The molecule has 368 valence electrons. The standard InChI is InChI=1S/C50H62N8O11/c1-50(2,3)69-49(65)56-40(28-18-30-52-45(57-47(63)67-33-37-23-12-6-13-24-37)58-48(64)68-34-38-25-14-7-15-26-38)43(60)55-41(31-35-19-8-4-9-20-35)44(61)54-39(42(51)59)27-16-17-29-53-46(62)66-32-36-21-10-5-11-22-36/h4-15,19-26,39-41H,16-18,27-34H2,1-3H3,(H2,51,59)(H,53,62)(H,54,61)(H,55,60)(H,56,65)(H2,52,57,58,63,64). The van der Waals surface area contributed by atoms with Crippen LogP contribution in [0.5, 0.6) is 0 Å². The number of rotatable bonds is 23. The number of carbonyl (C=O) groups is 7. The number of hydrogen-bond acceptors (Lipinski definition) is 12. The third-order valence-electron chi connectivity index (χ3n) is 9.77. The van der Waals surface area contributed by atoms with E-state index in [9.17, 15) is 33.6 Å². The highest BCUT2D eigenvalue weighted by molar-refractivity contribution is 6.01. The third-order valence-corrected chi connectivity index (χ3v) is 9.77. The zero-order chi connectivity index (χ0) is 49.9. The van der Waals surface area contributed by atoms with Gasteiger partial charge in [-0.25, -0.2) is 19.2 Å².